The van der Waals surface area contributed by atoms with Crippen LogP contribution < -0.4 is 5.73 Å². The molecule has 0 radical (unpaired) electrons. The molecule has 0 saturated heterocycles. The van der Waals surface area contributed by atoms with E-state index in [-0.39, 0.29) is 5.54 Å². The first-order chi connectivity index (χ1) is 8.79. The molecule has 116 valence electrons. The molecule has 0 fully saturated rings. The second-order valence-corrected chi connectivity index (χ2v) is 7.85. The third-order valence-corrected chi connectivity index (χ3v) is 4.75. The number of hydrogen-bond donors (Lipinski definition) is 1. The SMILES string of the molecule is CSCCC(C)N(C)C(CN)(CC(C)C)CC(C)C. The van der Waals surface area contributed by atoms with Crippen LogP contribution in [0.5, 0.6) is 0 Å². The molecule has 0 aliphatic rings. The van der Waals surface area contributed by atoms with Crippen molar-refractivity contribution < 1.29 is 0 Å². The monoisotopic (exact) mass is 288 g/mol. The lowest BCUT2D eigenvalue weighted by Crippen LogP contribution is -2.56. The third kappa shape index (κ3) is 6.50. The molecule has 0 aliphatic carbocycles. The average molecular weight is 289 g/mol. The molecule has 0 amide bonds. The zero-order chi connectivity index (χ0) is 15.1. The van der Waals surface area contributed by atoms with Gasteiger partial charge in [0.25, 0.3) is 0 Å². The van der Waals surface area contributed by atoms with Gasteiger partial charge in [-0.05, 0) is 57.1 Å². The number of thioether (sulfide) groups is 1. The lowest BCUT2D eigenvalue weighted by atomic mass is 9.79. The van der Waals surface area contributed by atoms with Gasteiger partial charge in [-0.2, -0.15) is 11.8 Å². The smallest absolute Gasteiger partial charge is 0.0336 e. The molecule has 1 unspecified atom stereocenters. The average Bonchev–Trinajstić information content (AvgIpc) is 2.32. The van der Waals surface area contributed by atoms with Gasteiger partial charge in [0, 0.05) is 18.1 Å². The molecule has 0 aromatic heterocycles. The van der Waals surface area contributed by atoms with E-state index in [1.807, 2.05) is 11.8 Å². The van der Waals surface area contributed by atoms with Crippen molar-refractivity contribution in [1.29, 1.82) is 0 Å². The highest BCUT2D eigenvalue weighted by molar-refractivity contribution is 7.98. The zero-order valence-corrected chi connectivity index (χ0v) is 15.0. The maximum absolute atomic E-state index is 6.22. The Bertz CT molecular complexity index is 219. The summed E-state index contributed by atoms with van der Waals surface area (Å²) in [6.07, 6.45) is 5.82. The fourth-order valence-corrected chi connectivity index (χ4v) is 3.73. The fourth-order valence-electron chi connectivity index (χ4n) is 3.15. The first kappa shape index (κ1) is 19.3. The topological polar surface area (TPSA) is 29.3 Å². The quantitative estimate of drug-likeness (QED) is 0.662. The van der Waals surface area contributed by atoms with Crippen LogP contribution in [0.1, 0.15) is 53.9 Å². The molecule has 2 N–H and O–H groups in total. The Labute approximate surface area is 125 Å². The lowest BCUT2D eigenvalue weighted by molar-refractivity contribution is 0.0449. The summed E-state index contributed by atoms with van der Waals surface area (Å²) in [5.74, 6) is 2.62. The summed E-state index contributed by atoms with van der Waals surface area (Å²) in [5, 5.41) is 0. The van der Waals surface area contributed by atoms with Crippen LogP contribution in [0.25, 0.3) is 0 Å². The normalized spacial score (nSPS) is 14.7. The van der Waals surface area contributed by atoms with Crippen molar-refractivity contribution >= 4 is 11.8 Å². The zero-order valence-electron chi connectivity index (χ0n) is 14.2. The minimum absolute atomic E-state index is 0.167. The van der Waals surface area contributed by atoms with Gasteiger partial charge in [-0.3, -0.25) is 4.90 Å². The van der Waals surface area contributed by atoms with Crippen molar-refractivity contribution in [1.82, 2.24) is 4.90 Å². The summed E-state index contributed by atoms with van der Waals surface area (Å²) in [4.78, 5) is 2.57. The van der Waals surface area contributed by atoms with Gasteiger partial charge in [-0.15, -0.1) is 0 Å². The van der Waals surface area contributed by atoms with Crippen LogP contribution in [0, 0.1) is 11.8 Å². The van der Waals surface area contributed by atoms with E-state index >= 15 is 0 Å². The van der Waals surface area contributed by atoms with Crippen LogP contribution in [0.15, 0.2) is 0 Å². The van der Waals surface area contributed by atoms with Crippen LogP contribution in [0.2, 0.25) is 0 Å². The Kier molecular flexibility index (Phi) is 9.38. The van der Waals surface area contributed by atoms with Crippen LogP contribution in [0.4, 0.5) is 0 Å². The predicted octanol–water partition coefficient (Wildman–Crippen LogP) is 3.85. The standard InChI is InChI=1S/C16H36N2S/c1-13(2)10-16(12-17,11-14(3)4)18(6)15(5)8-9-19-7/h13-15H,8-12,17H2,1-7H3. The summed E-state index contributed by atoms with van der Waals surface area (Å²) in [6.45, 7) is 12.4. The summed E-state index contributed by atoms with van der Waals surface area (Å²) < 4.78 is 0. The Balaban J connectivity index is 4.96. The van der Waals surface area contributed by atoms with Gasteiger partial charge in [0.2, 0.25) is 0 Å². The van der Waals surface area contributed by atoms with E-state index in [1.165, 1.54) is 25.0 Å². The number of rotatable bonds is 10. The van der Waals surface area contributed by atoms with E-state index in [2.05, 4.69) is 52.8 Å². The first-order valence-corrected chi connectivity index (χ1v) is 9.10. The van der Waals surface area contributed by atoms with E-state index in [9.17, 15) is 0 Å². The van der Waals surface area contributed by atoms with Gasteiger partial charge < -0.3 is 5.73 Å². The summed E-state index contributed by atoms with van der Waals surface area (Å²) >= 11 is 1.94. The Morgan fingerprint density at radius 3 is 1.84 bits per heavy atom. The van der Waals surface area contributed by atoms with E-state index < -0.39 is 0 Å². The van der Waals surface area contributed by atoms with Gasteiger partial charge in [0.15, 0.2) is 0 Å². The van der Waals surface area contributed by atoms with Gasteiger partial charge in [-0.1, -0.05) is 27.7 Å². The van der Waals surface area contributed by atoms with Crippen LogP contribution in [-0.2, 0) is 0 Å². The molecule has 2 nitrogen and oxygen atoms in total. The Morgan fingerprint density at radius 1 is 1.05 bits per heavy atom. The van der Waals surface area contributed by atoms with Crippen LogP contribution >= 0.6 is 11.8 Å². The van der Waals surface area contributed by atoms with Gasteiger partial charge in [0.05, 0.1) is 0 Å². The minimum Gasteiger partial charge on any atom is -0.329 e. The van der Waals surface area contributed by atoms with Crippen molar-refractivity contribution in [2.24, 2.45) is 17.6 Å². The molecule has 0 bridgehead atoms. The van der Waals surface area contributed by atoms with E-state index in [0.717, 1.165) is 6.54 Å². The Hall–Kier alpha value is 0.270. The molecular weight excluding hydrogens is 252 g/mol. The minimum atomic E-state index is 0.167. The number of nitrogens with two attached hydrogens (primary N) is 1. The van der Waals surface area contributed by atoms with Crippen LogP contribution in [-0.4, -0.2) is 42.1 Å². The molecule has 3 heteroatoms. The molecule has 0 rings (SSSR count). The third-order valence-electron chi connectivity index (χ3n) is 4.11. The molecule has 0 aliphatic heterocycles. The maximum Gasteiger partial charge on any atom is 0.0336 e. The highest BCUT2D eigenvalue weighted by atomic mass is 32.2. The predicted molar refractivity (Wildman–Crippen MR) is 90.9 cm³/mol. The highest BCUT2D eigenvalue weighted by Crippen LogP contribution is 2.31. The molecule has 0 aromatic carbocycles. The fraction of sp³-hybridized carbons (Fsp3) is 1.00. The summed E-state index contributed by atoms with van der Waals surface area (Å²) in [6, 6.07) is 0.605. The summed E-state index contributed by atoms with van der Waals surface area (Å²) in [5.41, 5.74) is 6.39. The lowest BCUT2D eigenvalue weighted by Gasteiger charge is -2.47. The molecule has 1 atom stereocenters. The van der Waals surface area contributed by atoms with Gasteiger partial charge in [0.1, 0.15) is 0 Å². The number of hydrogen-bond acceptors (Lipinski definition) is 3. The Morgan fingerprint density at radius 2 is 1.53 bits per heavy atom. The van der Waals surface area contributed by atoms with Crippen molar-refractivity contribution in [2.75, 3.05) is 25.6 Å². The first-order valence-electron chi connectivity index (χ1n) is 7.71. The van der Waals surface area contributed by atoms with Crippen LogP contribution in [0.3, 0.4) is 0 Å². The largest absolute Gasteiger partial charge is 0.329 e. The molecule has 0 aromatic rings. The van der Waals surface area contributed by atoms with Crippen molar-refractivity contribution in [3.8, 4) is 0 Å². The van der Waals surface area contributed by atoms with Gasteiger partial charge in [-0.25, -0.2) is 0 Å². The van der Waals surface area contributed by atoms with Gasteiger partial charge >= 0.3 is 0 Å². The number of likely N-dealkylation sites (N-methyl/N-ethyl adjacent to an activating group) is 1. The summed E-state index contributed by atoms with van der Waals surface area (Å²) in [7, 11) is 2.28. The maximum atomic E-state index is 6.22. The number of nitrogens with zero attached hydrogens (tertiary/aromatic N) is 1. The van der Waals surface area contributed by atoms with E-state index in [0.29, 0.717) is 17.9 Å². The second kappa shape index (κ2) is 9.25. The second-order valence-electron chi connectivity index (χ2n) is 6.87. The van der Waals surface area contributed by atoms with E-state index in [4.69, 9.17) is 5.73 Å². The molecule has 0 saturated carbocycles. The van der Waals surface area contributed by atoms with Crippen molar-refractivity contribution in [2.45, 2.75) is 65.5 Å². The van der Waals surface area contributed by atoms with E-state index in [1.54, 1.807) is 0 Å². The van der Waals surface area contributed by atoms with Crippen molar-refractivity contribution in [3.05, 3.63) is 0 Å². The molecular formula is C16H36N2S. The molecule has 0 heterocycles. The van der Waals surface area contributed by atoms with Crippen molar-refractivity contribution in [3.63, 3.8) is 0 Å². The molecule has 19 heavy (non-hydrogen) atoms. The highest BCUT2D eigenvalue weighted by Gasteiger charge is 2.36. The molecule has 0 spiro atoms.